The number of rotatable bonds is 7. The van der Waals surface area contributed by atoms with E-state index >= 15 is 4.39 Å². The third-order valence-corrected chi connectivity index (χ3v) is 7.36. The Morgan fingerprint density at radius 2 is 1.70 bits per heavy atom. The Kier molecular flexibility index (Phi) is 7.12. The molecule has 0 aromatic heterocycles. The lowest BCUT2D eigenvalue weighted by molar-refractivity contribution is 0.308. The summed E-state index contributed by atoms with van der Waals surface area (Å²) in [5, 5.41) is 0. The maximum atomic E-state index is 15.1. The van der Waals surface area contributed by atoms with E-state index in [1.54, 1.807) is 0 Å². The van der Waals surface area contributed by atoms with Crippen LogP contribution >= 0.6 is 0 Å². The van der Waals surface area contributed by atoms with E-state index < -0.39 is 0 Å². The number of aryl methyl sites for hydroxylation is 1. The van der Waals surface area contributed by atoms with Gasteiger partial charge in [0.25, 0.3) is 0 Å². The van der Waals surface area contributed by atoms with Crippen LogP contribution in [0.5, 0.6) is 5.75 Å². The molecule has 2 aromatic rings. The van der Waals surface area contributed by atoms with Crippen LogP contribution in [-0.2, 0) is 12.8 Å². The highest BCUT2D eigenvalue weighted by Crippen LogP contribution is 2.40. The second-order valence-corrected chi connectivity index (χ2v) is 9.51. The zero-order chi connectivity index (χ0) is 20.9. The van der Waals surface area contributed by atoms with Crippen molar-refractivity contribution in [2.75, 3.05) is 6.61 Å². The van der Waals surface area contributed by atoms with E-state index in [0.29, 0.717) is 5.92 Å². The minimum Gasteiger partial charge on any atom is -0.494 e. The Bertz CT molecular complexity index is 835. The first kappa shape index (κ1) is 21.4. The molecule has 30 heavy (non-hydrogen) atoms. The summed E-state index contributed by atoms with van der Waals surface area (Å²) in [7, 11) is 0. The lowest BCUT2D eigenvalue weighted by Crippen LogP contribution is -2.16. The van der Waals surface area contributed by atoms with Gasteiger partial charge in [-0.05, 0) is 110 Å². The Hall–Kier alpha value is -1.83. The molecule has 1 fully saturated rings. The van der Waals surface area contributed by atoms with Crippen LogP contribution in [0.3, 0.4) is 0 Å². The van der Waals surface area contributed by atoms with E-state index in [2.05, 4.69) is 44.2 Å². The number of hydrogen-bond donors (Lipinski definition) is 0. The van der Waals surface area contributed by atoms with Crippen molar-refractivity contribution in [2.45, 2.75) is 89.9 Å². The average Bonchev–Trinajstić information content (AvgIpc) is 2.78. The van der Waals surface area contributed by atoms with E-state index in [4.69, 9.17) is 4.74 Å². The van der Waals surface area contributed by atoms with Gasteiger partial charge in [-0.15, -0.1) is 0 Å². The van der Waals surface area contributed by atoms with Crippen LogP contribution in [-0.4, -0.2) is 6.61 Å². The van der Waals surface area contributed by atoms with Crippen molar-refractivity contribution in [2.24, 2.45) is 5.92 Å². The number of hydrogen-bond acceptors (Lipinski definition) is 1. The molecule has 0 N–H and O–H groups in total. The molecule has 0 radical (unpaired) electrons. The molecule has 0 amide bonds. The van der Waals surface area contributed by atoms with Crippen molar-refractivity contribution in [3.63, 3.8) is 0 Å². The number of halogens is 1. The Morgan fingerprint density at radius 1 is 0.867 bits per heavy atom. The van der Waals surface area contributed by atoms with Crippen molar-refractivity contribution in [1.29, 1.82) is 0 Å². The maximum Gasteiger partial charge on any atom is 0.126 e. The maximum absolute atomic E-state index is 15.1. The van der Waals surface area contributed by atoms with Gasteiger partial charge >= 0.3 is 0 Å². The molecular weight excluding hydrogens is 371 g/mol. The summed E-state index contributed by atoms with van der Waals surface area (Å²) in [4.78, 5) is 0. The number of fused-ring (bicyclic) bond motifs is 1. The fourth-order valence-corrected chi connectivity index (χ4v) is 5.63. The van der Waals surface area contributed by atoms with Gasteiger partial charge in [0.2, 0.25) is 0 Å². The third kappa shape index (κ3) is 4.90. The van der Waals surface area contributed by atoms with Crippen molar-refractivity contribution >= 4 is 0 Å². The minimum atomic E-state index is 0.0135. The SMILES string of the molecule is CCCOc1ccc2c(c1)CCC(c1ccc(C3CCC(CCC)CC3)cc1F)C2. The van der Waals surface area contributed by atoms with E-state index in [0.717, 1.165) is 49.5 Å². The molecule has 0 aliphatic heterocycles. The van der Waals surface area contributed by atoms with Crippen LogP contribution in [0.25, 0.3) is 0 Å². The van der Waals surface area contributed by atoms with Gasteiger partial charge in [-0.2, -0.15) is 0 Å². The molecule has 1 saturated carbocycles. The first-order chi connectivity index (χ1) is 14.7. The van der Waals surface area contributed by atoms with E-state index in [-0.39, 0.29) is 11.7 Å². The van der Waals surface area contributed by atoms with Crippen LogP contribution in [0, 0.1) is 11.7 Å². The van der Waals surface area contributed by atoms with Gasteiger partial charge in [-0.25, -0.2) is 4.39 Å². The molecule has 162 valence electrons. The topological polar surface area (TPSA) is 9.23 Å². The van der Waals surface area contributed by atoms with E-state index in [9.17, 15) is 0 Å². The van der Waals surface area contributed by atoms with Gasteiger partial charge < -0.3 is 4.74 Å². The first-order valence-corrected chi connectivity index (χ1v) is 12.2. The molecule has 2 aliphatic carbocycles. The van der Waals surface area contributed by atoms with Crippen LogP contribution in [0.15, 0.2) is 36.4 Å². The van der Waals surface area contributed by atoms with Crippen LogP contribution in [0.4, 0.5) is 4.39 Å². The predicted octanol–water partition coefficient (Wildman–Crippen LogP) is 7.96. The zero-order valence-corrected chi connectivity index (χ0v) is 18.8. The lowest BCUT2D eigenvalue weighted by Gasteiger charge is -2.29. The van der Waals surface area contributed by atoms with Crippen molar-refractivity contribution < 1.29 is 9.13 Å². The molecule has 2 aromatic carbocycles. The second-order valence-electron chi connectivity index (χ2n) is 9.51. The predicted molar refractivity (Wildman–Crippen MR) is 123 cm³/mol. The highest BCUT2D eigenvalue weighted by molar-refractivity contribution is 5.40. The fourth-order valence-electron chi connectivity index (χ4n) is 5.63. The molecule has 0 heterocycles. The summed E-state index contributed by atoms with van der Waals surface area (Å²) in [5.41, 5.74) is 4.86. The quantitative estimate of drug-likeness (QED) is 0.451. The molecule has 1 unspecified atom stereocenters. The summed E-state index contributed by atoms with van der Waals surface area (Å²) in [6, 6.07) is 12.6. The standard InChI is InChI=1S/C28H37FO/c1-3-5-20-6-8-21(9-7-20)24-13-15-27(28(29)19-24)25-11-10-23-18-26(30-16-4-2)14-12-22(23)17-25/h12-15,18-21,25H,3-11,16-17H2,1-2H3. The fraction of sp³-hybridized carbons (Fsp3) is 0.571. The van der Waals surface area contributed by atoms with Gasteiger partial charge in [-0.1, -0.05) is 44.9 Å². The average molecular weight is 409 g/mol. The summed E-state index contributed by atoms with van der Waals surface area (Å²) < 4.78 is 20.9. The molecule has 1 atom stereocenters. The van der Waals surface area contributed by atoms with Gasteiger partial charge in [0, 0.05) is 0 Å². The summed E-state index contributed by atoms with van der Waals surface area (Å²) in [5.74, 6) is 2.72. The van der Waals surface area contributed by atoms with Crippen LogP contribution in [0.1, 0.15) is 99.3 Å². The Balaban J connectivity index is 1.42. The van der Waals surface area contributed by atoms with Crippen molar-refractivity contribution in [3.05, 3.63) is 64.5 Å². The summed E-state index contributed by atoms with van der Waals surface area (Å²) in [6.07, 6.45) is 11.7. The highest BCUT2D eigenvalue weighted by Gasteiger charge is 2.26. The van der Waals surface area contributed by atoms with Crippen LogP contribution < -0.4 is 4.74 Å². The Morgan fingerprint density at radius 3 is 2.43 bits per heavy atom. The first-order valence-electron chi connectivity index (χ1n) is 12.2. The Labute approximate surface area is 182 Å². The molecule has 2 heteroatoms. The molecule has 0 saturated heterocycles. The van der Waals surface area contributed by atoms with E-state index in [1.807, 2.05) is 6.07 Å². The zero-order valence-electron chi connectivity index (χ0n) is 18.8. The smallest absolute Gasteiger partial charge is 0.126 e. The minimum absolute atomic E-state index is 0.0135. The second kappa shape index (κ2) is 9.98. The van der Waals surface area contributed by atoms with Gasteiger partial charge in [0.15, 0.2) is 0 Å². The number of ether oxygens (including phenoxy) is 1. The van der Waals surface area contributed by atoms with Crippen LogP contribution in [0.2, 0.25) is 0 Å². The van der Waals surface area contributed by atoms with Gasteiger partial charge in [0.1, 0.15) is 11.6 Å². The summed E-state index contributed by atoms with van der Waals surface area (Å²) >= 11 is 0. The summed E-state index contributed by atoms with van der Waals surface area (Å²) in [6.45, 7) is 5.17. The van der Waals surface area contributed by atoms with Crippen molar-refractivity contribution in [1.82, 2.24) is 0 Å². The van der Waals surface area contributed by atoms with E-state index in [1.165, 1.54) is 55.2 Å². The third-order valence-electron chi connectivity index (χ3n) is 7.36. The molecule has 2 aliphatic rings. The largest absolute Gasteiger partial charge is 0.494 e. The normalized spacial score (nSPS) is 23.8. The molecular formula is C28H37FO. The lowest BCUT2D eigenvalue weighted by atomic mass is 9.76. The molecule has 1 nitrogen and oxygen atoms in total. The molecule has 0 spiro atoms. The van der Waals surface area contributed by atoms with Gasteiger partial charge in [-0.3, -0.25) is 0 Å². The molecule has 4 rings (SSSR count). The number of benzene rings is 2. The monoisotopic (exact) mass is 408 g/mol. The van der Waals surface area contributed by atoms with Crippen molar-refractivity contribution in [3.8, 4) is 5.75 Å². The highest BCUT2D eigenvalue weighted by atomic mass is 19.1. The van der Waals surface area contributed by atoms with Gasteiger partial charge in [0.05, 0.1) is 6.61 Å². The molecule has 0 bridgehead atoms.